The summed E-state index contributed by atoms with van der Waals surface area (Å²) in [7, 11) is 1.11. The fourth-order valence-electron chi connectivity index (χ4n) is 2.25. The number of methoxy groups -OCH3 is 1. The Morgan fingerprint density at radius 3 is 2.62 bits per heavy atom. The Kier molecular flexibility index (Phi) is 2.78. The number of ether oxygens (including phenoxy) is 1. The minimum absolute atomic E-state index is 0.0506. The highest BCUT2D eigenvalue weighted by Gasteiger charge is 2.59. The first-order valence-electron chi connectivity index (χ1n) is 4.82. The van der Waals surface area contributed by atoms with Crippen molar-refractivity contribution in [2.24, 2.45) is 0 Å². The van der Waals surface area contributed by atoms with Crippen LogP contribution in [0.1, 0.15) is 17.5 Å². The van der Waals surface area contributed by atoms with Crippen molar-refractivity contribution in [2.75, 3.05) is 7.11 Å². The molecule has 2 rings (SSSR count). The second-order valence-corrected chi connectivity index (χ2v) is 4.65. The quantitative estimate of drug-likeness (QED) is 0.765. The highest BCUT2D eigenvalue weighted by molar-refractivity contribution is 9.10. The first-order chi connectivity index (χ1) is 7.42. The van der Waals surface area contributed by atoms with Crippen LogP contribution < -0.4 is 0 Å². The Morgan fingerprint density at radius 2 is 2.06 bits per heavy atom. The summed E-state index contributed by atoms with van der Waals surface area (Å²) in [6.07, 6.45) is -4.05. The Hall–Kier alpha value is -0.550. The molecule has 1 aromatic carbocycles. The second-order valence-electron chi connectivity index (χ2n) is 3.79. The van der Waals surface area contributed by atoms with Gasteiger partial charge < -0.3 is 4.74 Å². The molecule has 1 atom stereocenters. The van der Waals surface area contributed by atoms with Crippen LogP contribution in [0.25, 0.3) is 0 Å². The lowest BCUT2D eigenvalue weighted by Crippen LogP contribution is -2.42. The van der Waals surface area contributed by atoms with E-state index in [0.717, 1.165) is 7.11 Å². The minimum atomic E-state index is -4.38. The monoisotopic (exact) mass is 294 g/mol. The van der Waals surface area contributed by atoms with Crippen LogP contribution in [-0.2, 0) is 16.8 Å². The van der Waals surface area contributed by atoms with Crippen molar-refractivity contribution in [2.45, 2.75) is 24.6 Å². The summed E-state index contributed by atoms with van der Waals surface area (Å²) in [6, 6.07) is 4.85. The Morgan fingerprint density at radius 1 is 1.38 bits per heavy atom. The van der Waals surface area contributed by atoms with Crippen LogP contribution in [0.4, 0.5) is 13.2 Å². The maximum atomic E-state index is 13.1. The van der Waals surface area contributed by atoms with Crippen LogP contribution in [0, 0.1) is 0 Å². The van der Waals surface area contributed by atoms with Crippen LogP contribution in [-0.4, -0.2) is 13.3 Å². The minimum Gasteiger partial charge on any atom is -0.364 e. The zero-order chi connectivity index (χ0) is 12.0. The van der Waals surface area contributed by atoms with Gasteiger partial charge in [0.2, 0.25) is 0 Å². The van der Waals surface area contributed by atoms with Crippen molar-refractivity contribution in [3.05, 3.63) is 33.8 Å². The maximum absolute atomic E-state index is 13.1. The first-order valence-corrected chi connectivity index (χ1v) is 5.61. The molecule has 5 heteroatoms. The van der Waals surface area contributed by atoms with Gasteiger partial charge in [-0.15, -0.1) is 0 Å². The van der Waals surface area contributed by atoms with Crippen LogP contribution in [0.3, 0.4) is 0 Å². The van der Waals surface area contributed by atoms with Gasteiger partial charge in [-0.2, -0.15) is 13.2 Å². The van der Waals surface area contributed by atoms with Crippen molar-refractivity contribution in [3.8, 4) is 0 Å². The standard InChI is InChI=1S/C11H10BrF3O/c1-16-10(11(13,14)15)6-5-7-8(10)3-2-4-9(7)12/h2-4H,5-6H2,1H3. The molecular weight excluding hydrogens is 285 g/mol. The van der Waals surface area contributed by atoms with Gasteiger partial charge in [0.25, 0.3) is 0 Å². The van der Waals surface area contributed by atoms with E-state index >= 15 is 0 Å². The van der Waals surface area contributed by atoms with Gasteiger partial charge in [0, 0.05) is 11.6 Å². The first kappa shape index (κ1) is 11.9. The molecule has 0 radical (unpaired) electrons. The Balaban J connectivity index is 2.61. The van der Waals surface area contributed by atoms with E-state index in [1.807, 2.05) is 0 Å². The van der Waals surface area contributed by atoms with Crippen molar-refractivity contribution < 1.29 is 17.9 Å². The molecule has 0 saturated heterocycles. The molecule has 88 valence electrons. The van der Waals surface area contributed by atoms with Gasteiger partial charge >= 0.3 is 6.18 Å². The predicted octanol–water partition coefficient (Wildman–Crippen LogP) is 3.80. The number of alkyl halides is 3. The van der Waals surface area contributed by atoms with Gasteiger partial charge in [0.15, 0.2) is 5.60 Å². The third kappa shape index (κ3) is 1.49. The van der Waals surface area contributed by atoms with E-state index in [1.54, 1.807) is 12.1 Å². The zero-order valence-corrected chi connectivity index (χ0v) is 10.2. The lowest BCUT2D eigenvalue weighted by Gasteiger charge is -2.31. The summed E-state index contributed by atoms with van der Waals surface area (Å²) in [5.41, 5.74) is -1.20. The van der Waals surface area contributed by atoms with E-state index in [-0.39, 0.29) is 12.0 Å². The fourth-order valence-corrected chi connectivity index (χ4v) is 2.81. The van der Waals surface area contributed by atoms with Crippen LogP contribution in [0.5, 0.6) is 0 Å². The number of halogens is 4. The average molecular weight is 295 g/mol. The second kappa shape index (κ2) is 3.74. The van der Waals surface area contributed by atoms with Gasteiger partial charge in [-0.3, -0.25) is 0 Å². The smallest absolute Gasteiger partial charge is 0.364 e. The molecule has 1 unspecified atom stereocenters. The average Bonchev–Trinajstić information content (AvgIpc) is 2.58. The molecule has 1 aromatic rings. The zero-order valence-electron chi connectivity index (χ0n) is 8.57. The SMILES string of the molecule is COC1(C(F)(F)F)CCc2c(Br)cccc21. The molecule has 1 aliphatic rings. The molecule has 0 heterocycles. The van der Waals surface area contributed by atoms with E-state index in [9.17, 15) is 13.2 Å². The van der Waals surface area contributed by atoms with E-state index < -0.39 is 11.8 Å². The largest absolute Gasteiger partial charge is 0.421 e. The summed E-state index contributed by atoms with van der Waals surface area (Å²) in [5.74, 6) is 0. The molecule has 1 nitrogen and oxygen atoms in total. The Labute approximate surface area is 99.7 Å². The molecular formula is C11H10BrF3O. The van der Waals surface area contributed by atoms with Crippen molar-refractivity contribution in [1.29, 1.82) is 0 Å². The molecule has 0 bridgehead atoms. The molecule has 16 heavy (non-hydrogen) atoms. The summed E-state index contributed by atoms with van der Waals surface area (Å²) < 4.78 is 44.8. The van der Waals surface area contributed by atoms with Gasteiger partial charge in [0.05, 0.1) is 0 Å². The molecule has 0 spiro atoms. The number of hydrogen-bond donors (Lipinski definition) is 0. The molecule has 1 aliphatic carbocycles. The van der Waals surface area contributed by atoms with E-state index in [0.29, 0.717) is 16.5 Å². The van der Waals surface area contributed by atoms with E-state index in [2.05, 4.69) is 15.9 Å². The molecule has 0 amide bonds. The summed E-state index contributed by atoms with van der Waals surface area (Å²) >= 11 is 3.27. The molecule has 0 saturated carbocycles. The summed E-state index contributed by atoms with van der Waals surface area (Å²) in [5, 5.41) is 0. The van der Waals surface area contributed by atoms with Gasteiger partial charge in [-0.25, -0.2) is 0 Å². The molecule has 0 N–H and O–H groups in total. The van der Waals surface area contributed by atoms with Gasteiger partial charge in [0.1, 0.15) is 0 Å². The maximum Gasteiger partial charge on any atom is 0.421 e. The highest BCUT2D eigenvalue weighted by Crippen LogP contribution is 2.51. The van der Waals surface area contributed by atoms with E-state index in [4.69, 9.17) is 4.74 Å². The molecule has 0 fully saturated rings. The predicted molar refractivity (Wildman–Crippen MR) is 57.2 cm³/mol. The van der Waals surface area contributed by atoms with Crippen molar-refractivity contribution in [1.82, 2.24) is 0 Å². The third-order valence-electron chi connectivity index (χ3n) is 3.09. The number of benzene rings is 1. The molecule has 0 aliphatic heterocycles. The topological polar surface area (TPSA) is 9.23 Å². The third-order valence-corrected chi connectivity index (χ3v) is 3.83. The fraction of sp³-hybridized carbons (Fsp3) is 0.455. The van der Waals surface area contributed by atoms with E-state index in [1.165, 1.54) is 6.07 Å². The number of fused-ring (bicyclic) bond motifs is 1. The van der Waals surface area contributed by atoms with Gasteiger partial charge in [-0.05, 0) is 30.0 Å². The highest BCUT2D eigenvalue weighted by atomic mass is 79.9. The van der Waals surface area contributed by atoms with Gasteiger partial charge in [-0.1, -0.05) is 28.1 Å². The normalized spacial score (nSPS) is 24.6. The van der Waals surface area contributed by atoms with Crippen molar-refractivity contribution in [3.63, 3.8) is 0 Å². The Bertz CT molecular complexity index is 416. The van der Waals surface area contributed by atoms with Crippen LogP contribution in [0.2, 0.25) is 0 Å². The lowest BCUT2D eigenvalue weighted by molar-refractivity contribution is -0.275. The summed E-state index contributed by atoms with van der Waals surface area (Å²) in [4.78, 5) is 0. The molecule has 0 aromatic heterocycles. The van der Waals surface area contributed by atoms with Crippen LogP contribution >= 0.6 is 15.9 Å². The number of rotatable bonds is 1. The lowest BCUT2D eigenvalue weighted by atomic mass is 9.95. The summed E-state index contributed by atoms with van der Waals surface area (Å²) in [6.45, 7) is 0. The van der Waals surface area contributed by atoms with Crippen molar-refractivity contribution >= 4 is 15.9 Å². The number of hydrogen-bond acceptors (Lipinski definition) is 1. The van der Waals surface area contributed by atoms with Crippen LogP contribution in [0.15, 0.2) is 22.7 Å².